The van der Waals surface area contributed by atoms with E-state index in [1.807, 2.05) is 18.2 Å². The molecule has 0 spiro atoms. The molecule has 0 aliphatic heterocycles. The SMILES string of the molecule is Cc1[c]sc2ccc(Cl)cc12. The number of hydrogen-bond acceptors (Lipinski definition) is 1. The monoisotopic (exact) mass is 181 g/mol. The molecule has 0 atom stereocenters. The number of fused-ring (bicyclic) bond motifs is 1. The number of benzene rings is 1. The van der Waals surface area contributed by atoms with Crippen LogP contribution < -0.4 is 0 Å². The van der Waals surface area contributed by atoms with Crippen molar-refractivity contribution in [3.8, 4) is 0 Å². The van der Waals surface area contributed by atoms with Crippen LogP contribution in [0.15, 0.2) is 18.2 Å². The van der Waals surface area contributed by atoms with Crippen molar-refractivity contribution in [1.29, 1.82) is 0 Å². The van der Waals surface area contributed by atoms with Crippen molar-refractivity contribution >= 4 is 33.0 Å². The molecule has 0 saturated heterocycles. The maximum atomic E-state index is 5.84. The summed E-state index contributed by atoms with van der Waals surface area (Å²) in [6.07, 6.45) is 0. The van der Waals surface area contributed by atoms with Crippen LogP contribution in [-0.4, -0.2) is 0 Å². The largest absolute Gasteiger partial charge is 0.134 e. The second-order valence-electron chi connectivity index (χ2n) is 2.47. The van der Waals surface area contributed by atoms with Crippen LogP contribution in [0.4, 0.5) is 0 Å². The van der Waals surface area contributed by atoms with Gasteiger partial charge in [-0.2, -0.15) is 0 Å². The maximum absolute atomic E-state index is 5.84. The van der Waals surface area contributed by atoms with Gasteiger partial charge in [0.05, 0.1) is 0 Å². The summed E-state index contributed by atoms with van der Waals surface area (Å²) in [6.45, 7) is 2.05. The average Bonchev–Trinajstić information content (AvgIpc) is 2.33. The number of hydrogen-bond donors (Lipinski definition) is 0. The second kappa shape index (κ2) is 2.50. The molecule has 1 heterocycles. The Balaban J connectivity index is 2.87. The highest BCUT2D eigenvalue weighted by Gasteiger charge is 1.99. The first-order valence-corrected chi connectivity index (χ1v) is 4.53. The Bertz CT molecular complexity index is 389. The molecule has 2 rings (SSSR count). The molecule has 0 fully saturated rings. The van der Waals surface area contributed by atoms with Crippen LogP contribution in [0, 0.1) is 12.3 Å². The van der Waals surface area contributed by atoms with Crippen molar-refractivity contribution in [1.82, 2.24) is 0 Å². The molecule has 0 N–H and O–H groups in total. The van der Waals surface area contributed by atoms with Gasteiger partial charge < -0.3 is 0 Å². The maximum Gasteiger partial charge on any atom is 0.0487 e. The van der Waals surface area contributed by atoms with Crippen molar-refractivity contribution in [3.63, 3.8) is 0 Å². The van der Waals surface area contributed by atoms with Crippen molar-refractivity contribution in [2.24, 2.45) is 0 Å². The molecular weight excluding hydrogens is 176 g/mol. The molecule has 0 bridgehead atoms. The number of rotatable bonds is 0. The summed E-state index contributed by atoms with van der Waals surface area (Å²) in [5.74, 6) is 0. The zero-order valence-electron chi connectivity index (χ0n) is 6.02. The van der Waals surface area contributed by atoms with Gasteiger partial charge in [0.1, 0.15) is 0 Å². The molecule has 11 heavy (non-hydrogen) atoms. The van der Waals surface area contributed by atoms with Gasteiger partial charge in [-0.1, -0.05) is 11.6 Å². The molecular formula is C9H6ClS. The van der Waals surface area contributed by atoms with E-state index in [9.17, 15) is 0 Å². The fourth-order valence-corrected chi connectivity index (χ4v) is 2.07. The molecule has 0 nitrogen and oxygen atoms in total. The van der Waals surface area contributed by atoms with Crippen molar-refractivity contribution < 1.29 is 0 Å². The number of thiophene rings is 1. The van der Waals surface area contributed by atoms with E-state index in [2.05, 4.69) is 12.3 Å². The molecule has 1 radical (unpaired) electrons. The Morgan fingerprint density at radius 3 is 3.09 bits per heavy atom. The quantitative estimate of drug-likeness (QED) is 0.582. The van der Waals surface area contributed by atoms with Gasteiger partial charge in [0.2, 0.25) is 0 Å². The van der Waals surface area contributed by atoms with Gasteiger partial charge in [0.15, 0.2) is 0 Å². The van der Waals surface area contributed by atoms with E-state index in [1.54, 1.807) is 11.3 Å². The van der Waals surface area contributed by atoms with E-state index in [4.69, 9.17) is 11.6 Å². The Morgan fingerprint density at radius 1 is 1.45 bits per heavy atom. The summed E-state index contributed by atoms with van der Waals surface area (Å²) < 4.78 is 1.26. The lowest BCUT2D eigenvalue weighted by atomic mass is 10.2. The topological polar surface area (TPSA) is 0 Å². The van der Waals surface area contributed by atoms with E-state index in [0.29, 0.717) is 0 Å². The third kappa shape index (κ3) is 1.15. The molecule has 2 aromatic rings. The predicted molar refractivity (Wildman–Crippen MR) is 50.4 cm³/mol. The predicted octanol–water partition coefficient (Wildman–Crippen LogP) is 3.66. The first kappa shape index (κ1) is 7.14. The third-order valence-corrected chi connectivity index (χ3v) is 2.88. The van der Waals surface area contributed by atoms with Crippen LogP contribution in [0.2, 0.25) is 5.02 Å². The molecule has 0 aliphatic rings. The summed E-state index contributed by atoms with van der Waals surface area (Å²) in [6, 6.07) is 5.93. The second-order valence-corrected chi connectivity index (χ2v) is 3.75. The Labute approximate surface area is 74.4 Å². The highest BCUT2D eigenvalue weighted by molar-refractivity contribution is 7.16. The first-order valence-electron chi connectivity index (χ1n) is 3.34. The summed E-state index contributed by atoms with van der Waals surface area (Å²) in [5, 5.41) is 5.21. The third-order valence-electron chi connectivity index (χ3n) is 1.66. The summed E-state index contributed by atoms with van der Waals surface area (Å²) in [7, 11) is 0. The minimum Gasteiger partial charge on any atom is -0.134 e. The van der Waals surface area contributed by atoms with E-state index >= 15 is 0 Å². The molecule has 0 aliphatic carbocycles. The van der Waals surface area contributed by atoms with Crippen LogP contribution in [0.3, 0.4) is 0 Å². The van der Waals surface area contributed by atoms with E-state index in [-0.39, 0.29) is 0 Å². The van der Waals surface area contributed by atoms with Crippen LogP contribution in [0.25, 0.3) is 10.1 Å². The zero-order valence-corrected chi connectivity index (χ0v) is 7.59. The highest BCUT2D eigenvalue weighted by atomic mass is 35.5. The van der Waals surface area contributed by atoms with Gasteiger partial charge in [-0.3, -0.25) is 0 Å². The van der Waals surface area contributed by atoms with E-state index in [0.717, 1.165) is 5.02 Å². The van der Waals surface area contributed by atoms with E-state index in [1.165, 1.54) is 15.6 Å². The van der Waals surface area contributed by atoms with Gasteiger partial charge in [-0.25, -0.2) is 0 Å². The van der Waals surface area contributed by atoms with Crippen LogP contribution >= 0.6 is 22.9 Å². The van der Waals surface area contributed by atoms with Gasteiger partial charge in [-0.15, -0.1) is 11.3 Å². The molecule has 1 aromatic carbocycles. The summed E-state index contributed by atoms with van der Waals surface area (Å²) in [5.41, 5.74) is 1.19. The lowest BCUT2D eigenvalue weighted by Crippen LogP contribution is -1.67. The molecule has 1 aromatic heterocycles. The Kier molecular flexibility index (Phi) is 1.63. The Hall–Kier alpha value is -0.530. The lowest BCUT2D eigenvalue weighted by Gasteiger charge is -1.91. The van der Waals surface area contributed by atoms with E-state index < -0.39 is 0 Å². The van der Waals surface area contributed by atoms with Gasteiger partial charge in [0, 0.05) is 15.1 Å². The lowest BCUT2D eigenvalue weighted by molar-refractivity contribution is 1.59. The summed E-state index contributed by atoms with van der Waals surface area (Å²) in [4.78, 5) is 0. The van der Waals surface area contributed by atoms with Gasteiger partial charge in [-0.05, 0) is 36.1 Å². The molecule has 0 unspecified atom stereocenters. The van der Waals surface area contributed by atoms with Crippen LogP contribution in [-0.2, 0) is 0 Å². The highest BCUT2D eigenvalue weighted by Crippen LogP contribution is 2.26. The van der Waals surface area contributed by atoms with Crippen LogP contribution in [0.5, 0.6) is 0 Å². The van der Waals surface area contributed by atoms with Crippen molar-refractivity contribution in [2.45, 2.75) is 6.92 Å². The minimum atomic E-state index is 0.799. The Morgan fingerprint density at radius 2 is 2.27 bits per heavy atom. The fourth-order valence-electron chi connectivity index (χ4n) is 1.07. The zero-order chi connectivity index (χ0) is 7.84. The molecule has 0 amide bonds. The fraction of sp³-hybridized carbons (Fsp3) is 0.111. The van der Waals surface area contributed by atoms with Crippen molar-refractivity contribution in [3.05, 3.63) is 34.2 Å². The average molecular weight is 182 g/mol. The summed E-state index contributed by atoms with van der Waals surface area (Å²) >= 11 is 7.48. The van der Waals surface area contributed by atoms with Crippen molar-refractivity contribution in [2.75, 3.05) is 0 Å². The van der Waals surface area contributed by atoms with Gasteiger partial charge >= 0.3 is 0 Å². The standard InChI is InChI=1S/C9H6ClS/c1-6-5-11-9-3-2-7(10)4-8(6)9/h2-4H,1H3. The molecule has 2 heteroatoms. The smallest absolute Gasteiger partial charge is 0.0487 e. The number of halogens is 1. The minimum absolute atomic E-state index is 0.799. The normalized spacial score (nSPS) is 10.7. The van der Waals surface area contributed by atoms with Crippen LogP contribution in [0.1, 0.15) is 5.56 Å². The molecule has 55 valence electrons. The first-order chi connectivity index (χ1) is 5.27. The molecule has 0 saturated carbocycles. The van der Waals surface area contributed by atoms with Gasteiger partial charge in [0.25, 0.3) is 0 Å². The number of aryl methyl sites for hydroxylation is 1.